The van der Waals surface area contributed by atoms with Crippen molar-refractivity contribution in [1.29, 1.82) is 0 Å². The summed E-state index contributed by atoms with van der Waals surface area (Å²) in [6.07, 6.45) is 1.24. The van der Waals surface area contributed by atoms with E-state index in [2.05, 4.69) is 16.3 Å². The van der Waals surface area contributed by atoms with Crippen molar-refractivity contribution in [2.45, 2.75) is 96.2 Å². The second-order valence-electron chi connectivity index (χ2n) is 15.9. The lowest BCUT2D eigenvalue weighted by Crippen LogP contribution is -2.59. The van der Waals surface area contributed by atoms with Gasteiger partial charge in [0, 0.05) is 52.3 Å². The van der Waals surface area contributed by atoms with Crippen molar-refractivity contribution in [2.24, 2.45) is 23.3 Å². The van der Waals surface area contributed by atoms with E-state index in [1.54, 1.807) is 21.1 Å². The van der Waals surface area contributed by atoms with E-state index in [1.165, 1.54) is 7.11 Å². The summed E-state index contributed by atoms with van der Waals surface area (Å²) in [7, 11) is 4.88. The molecular weight excluding hydrogens is 718 g/mol. The number of fused-ring (bicyclic) bond motifs is 1. The number of nitrogens with one attached hydrogen (secondary N) is 1. The predicted octanol–water partition coefficient (Wildman–Crippen LogP) is 3.62. The third kappa shape index (κ3) is 11.8. The zero-order chi connectivity index (χ0) is 41.0. The first-order valence-electron chi connectivity index (χ1n) is 19.8. The van der Waals surface area contributed by atoms with Crippen LogP contribution in [0.15, 0.2) is 42.5 Å². The number of benzene rings is 2. The molecule has 0 spiro atoms. The van der Waals surface area contributed by atoms with Gasteiger partial charge in [0.15, 0.2) is 0 Å². The second-order valence-corrected chi connectivity index (χ2v) is 15.9. The smallest absolute Gasteiger partial charge is 0.329 e. The molecule has 4 rings (SSSR count). The number of hydrogen-bond acceptors (Lipinski definition) is 12. The number of methoxy groups -OCH3 is 3. The van der Waals surface area contributed by atoms with E-state index in [1.807, 2.05) is 69.0 Å². The Morgan fingerprint density at radius 2 is 1.75 bits per heavy atom. The highest BCUT2D eigenvalue weighted by Gasteiger charge is 2.45. The third-order valence-electron chi connectivity index (χ3n) is 10.7. The number of anilines is 1. The third-order valence-corrected chi connectivity index (χ3v) is 10.7. The summed E-state index contributed by atoms with van der Waals surface area (Å²) >= 11 is 0. The molecule has 14 heteroatoms. The van der Waals surface area contributed by atoms with Crippen LogP contribution < -0.4 is 31.2 Å². The molecule has 312 valence electrons. The summed E-state index contributed by atoms with van der Waals surface area (Å²) < 4.78 is 35.4. The lowest BCUT2D eigenvalue weighted by atomic mass is 9.79. The van der Waals surface area contributed by atoms with Crippen LogP contribution in [0.5, 0.6) is 11.5 Å². The van der Waals surface area contributed by atoms with Gasteiger partial charge in [0.1, 0.15) is 29.7 Å². The van der Waals surface area contributed by atoms with Crippen LogP contribution in [-0.2, 0) is 39.9 Å². The number of amides is 2. The van der Waals surface area contributed by atoms with Crippen LogP contribution in [0.25, 0.3) is 0 Å². The minimum absolute atomic E-state index is 0.0564. The summed E-state index contributed by atoms with van der Waals surface area (Å²) in [5.41, 5.74) is 14.0. The molecule has 2 aliphatic heterocycles. The molecule has 2 aliphatic rings. The molecule has 5 N–H and O–H groups in total. The second kappa shape index (κ2) is 21.0. The number of hydrogen-bond donors (Lipinski definition) is 3. The number of esters is 1. The van der Waals surface area contributed by atoms with Crippen molar-refractivity contribution < 1.29 is 42.8 Å². The fourth-order valence-corrected chi connectivity index (χ4v) is 7.57. The molecule has 0 aromatic heterocycles. The van der Waals surface area contributed by atoms with E-state index < -0.39 is 41.7 Å². The van der Waals surface area contributed by atoms with E-state index in [4.69, 9.17) is 39.9 Å². The van der Waals surface area contributed by atoms with Crippen molar-refractivity contribution in [3.63, 3.8) is 0 Å². The Labute approximate surface area is 332 Å². The maximum Gasteiger partial charge on any atom is 0.329 e. The van der Waals surface area contributed by atoms with Crippen LogP contribution in [0, 0.1) is 11.8 Å². The van der Waals surface area contributed by atoms with Crippen LogP contribution in [0.1, 0.15) is 70.9 Å². The van der Waals surface area contributed by atoms with Gasteiger partial charge in [0.2, 0.25) is 11.8 Å². The first-order chi connectivity index (χ1) is 26.7. The van der Waals surface area contributed by atoms with Gasteiger partial charge in [-0.15, -0.1) is 0 Å². The molecule has 1 saturated heterocycles. The van der Waals surface area contributed by atoms with Gasteiger partial charge in [-0.25, -0.2) is 4.79 Å². The zero-order valence-corrected chi connectivity index (χ0v) is 34.6. The van der Waals surface area contributed by atoms with Crippen LogP contribution in [0.3, 0.4) is 0 Å². The van der Waals surface area contributed by atoms with Crippen LogP contribution in [0.2, 0.25) is 0 Å². The van der Waals surface area contributed by atoms with Crippen molar-refractivity contribution >= 4 is 23.5 Å². The maximum atomic E-state index is 14.3. The van der Waals surface area contributed by atoms with Crippen molar-refractivity contribution in [3.8, 4) is 11.5 Å². The largest absolute Gasteiger partial charge is 0.497 e. The van der Waals surface area contributed by atoms with Crippen LogP contribution in [-0.4, -0.2) is 120 Å². The summed E-state index contributed by atoms with van der Waals surface area (Å²) in [6, 6.07) is 12.0. The number of ether oxygens (including phenoxy) is 6. The summed E-state index contributed by atoms with van der Waals surface area (Å²) in [6.45, 7) is 12.6. The van der Waals surface area contributed by atoms with Crippen molar-refractivity contribution in [2.75, 3.05) is 72.2 Å². The molecule has 6 atom stereocenters. The van der Waals surface area contributed by atoms with Gasteiger partial charge in [0.25, 0.3) is 0 Å². The Hall–Kier alpha value is -3.95. The highest BCUT2D eigenvalue weighted by Crippen LogP contribution is 2.40. The number of carbonyl (C=O) groups is 3. The Balaban J connectivity index is 1.68. The molecule has 0 radical (unpaired) electrons. The normalized spacial score (nSPS) is 20.5. The Morgan fingerprint density at radius 1 is 1.02 bits per heavy atom. The summed E-state index contributed by atoms with van der Waals surface area (Å²) in [4.78, 5) is 44.4. The number of nitrogens with two attached hydrogens (primary N) is 2. The minimum Gasteiger partial charge on any atom is -0.497 e. The molecule has 2 aromatic carbocycles. The quantitative estimate of drug-likeness (QED) is 0.132. The predicted molar refractivity (Wildman–Crippen MR) is 215 cm³/mol. The van der Waals surface area contributed by atoms with Crippen molar-refractivity contribution in [1.82, 2.24) is 10.2 Å². The molecule has 2 heterocycles. The number of piperidine rings is 1. The van der Waals surface area contributed by atoms with E-state index in [0.29, 0.717) is 26.2 Å². The fraction of sp³-hybridized carbons (Fsp3) is 0.643. The van der Waals surface area contributed by atoms with Gasteiger partial charge in [0.05, 0.1) is 51.2 Å². The van der Waals surface area contributed by atoms with E-state index in [9.17, 15) is 14.4 Å². The lowest BCUT2D eigenvalue weighted by molar-refractivity contribution is -0.173. The number of likely N-dealkylation sites (tertiary alicyclic amines) is 1. The molecule has 2 aromatic rings. The minimum atomic E-state index is -1.17. The van der Waals surface area contributed by atoms with E-state index >= 15 is 0 Å². The molecule has 56 heavy (non-hydrogen) atoms. The molecule has 0 saturated carbocycles. The van der Waals surface area contributed by atoms with Gasteiger partial charge in [-0.3, -0.25) is 9.59 Å². The zero-order valence-electron chi connectivity index (χ0n) is 34.6. The monoisotopic (exact) mass is 783 g/mol. The van der Waals surface area contributed by atoms with Gasteiger partial charge < -0.3 is 55.0 Å². The SMILES string of the molecule is COCCCN1CCOc2ccc(CO[C@H]3CN(C(=O)[C@@H](N)C(C)C)[C@@H](CC(C)(COC)OC(=O)[C@@H](NC(=O)CN)C(C)C)C[C@@H]3c3ccc(OC)cc3)cc21. The average molecular weight is 784 g/mol. The maximum absolute atomic E-state index is 14.3. The highest BCUT2D eigenvalue weighted by atomic mass is 16.6. The van der Waals surface area contributed by atoms with E-state index in [-0.39, 0.29) is 49.8 Å². The Bertz CT molecular complexity index is 1570. The van der Waals surface area contributed by atoms with Crippen LogP contribution in [0.4, 0.5) is 5.69 Å². The lowest BCUT2D eigenvalue weighted by Gasteiger charge is -2.47. The molecule has 0 bridgehead atoms. The molecule has 1 unspecified atom stereocenters. The highest BCUT2D eigenvalue weighted by molar-refractivity contribution is 5.86. The van der Waals surface area contributed by atoms with Gasteiger partial charge >= 0.3 is 5.97 Å². The first-order valence-corrected chi connectivity index (χ1v) is 19.8. The standard InChI is InChI=1S/C42H65N5O9/c1-27(2)38(44)40(49)47-24-36(55-25-29-10-15-35-34(20-29)46(17-19-54-35)16-9-18-51-6)33(30-11-13-32(53-8)14-12-30)21-31(47)22-42(5,26-52-7)56-41(50)39(28(3)4)45-37(48)23-43/h10-15,20,27-28,31,33,36,38-39H,9,16-19,21-26,43-44H2,1-8H3,(H,45,48)/t31-,33-,36+,38+,39+,42?/m1/s1. The van der Waals surface area contributed by atoms with Crippen molar-refractivity contribution in [3.05, 3.63) is 53.6 Å². The summed E-state index contributed by atoms with van der Waals surface area (Å²) in [5, 5.41) is 2.69. The fourth-order valence-electron chi connectivity index (χ4n) is 7.57. The molecule has 14 nitrogen and oxygen atoms in total. The van der Waals surface area contributed by atoms with E-state index in [0.717, 1.165) is 47.8 Å². The molecular formula is C42H65N5O9. The first kappa shape index (κ1) is 44.8. The Kier molecular flexibility index (Phi) is 16.8. The van der Waals surface area contributed by atoms with Crippen LogP contribution >= 0.6 is 0 Å². The van der Waals surface area contributed by atoms with Gasteiger partial charge in [-0.05, 0) is 67.0 Å². The average Bonchev–Trinajstić information content (AvgIpc) is 3.18. The Morgan fingerprint density at radius 3 is 2.38 bits per heavy atom. The topological polar surface area (TPSA) is 177 Å². The van der Waals surface area contributed by atoms with Gasteiger partial charge in [-0.1, -0.05) is 45.9 Å². The number of carbonyl (C=O) groups excluding carboxylic acids is 3. The van der Waals surface area contributed by atoms with Gasteiger partial charge in [-0.2, -0.15) is 0 Å². The molecule has 1 fully saturated rings. The number of rotatable bonds is 20. The molecule has 0 aliphatic carbocycles. The molecule has 2 amide bonds. The number of nitrogens with zero attached hydrogens (tertiary/aromatic N) is 2. The summed E-state index contributed by atoms with van der Waals surface area (Å²) in [5.74, 6) is -0.225.